The number of carbonyl (C=O) groups excluding carboxylic acids is 2. The standard InChI is InChI=1S/C13H18O3/c1-9(14)16-13(5)8-6-7-10(11(13)15)12(2,3)4/h6-8H,1-5H3. The number of hydrogen-bond acceptors (Lipinski definition) is 3. The van der Waals surface area contributed by atoms with Crippen molar-refractivity contribution in [3.63, 3.8) is 0 Å². The van der Waals surface area contributed by atoms with E-state index in [0.717, 1.165) is 0 Å². The van der Waals surface area contributed by atoms with Gasteiger partial charge in [0.2, 0.25) is 5.78 Å². The Hall–Kier alpha value is -1.38. The average Bonchev–Trinajstić information content (AvgIpc) is 2.06. The molecule has 1 aliphatic carbocycles. The van der Waals surface area contributed by atoms with Gasteiger partial charge in [0.25, 0.3) is 0 Å². The van der Waals surface area contributed by atoms with Crippen LogP contribution < -0.4 is 0 Å². The number of carbonyl (C=O) groups is 2. The molecule has 3 heteroatoms. The van der Waals surface area contributed by atoms with Gasteiger partial charge in [0, 0.05) is 12.5 Å². The molecule has 1 atom stereocenters. The minimum absolute atomic E-state index is 0.141. The van der Waals surface area contributed by atoms with E-state index in [2.05, 4.69) is 0 Å². The van der Waals surface area contributed by atoms with E-state index in [1.54, 1.807) is 25.2 Å². The Labute approximate surface area is 96.2 Å². The third-order valence-corrected chi connectivity index (χ3v) is 2.54. The van der Waals surface area contributed by atoms with Crippen LogP contribution in [-0.4, -0.2) is 17.4 Å². The van der Waals surface area contributed by atoms with Gasteiger partial charge in [-0.25, -0.2) is 0 Å². The molecule has 0 saturated heterocycles. The van der Waals surface area contributed by atoms with E-state index in [1.165, 1.54) is 6.92 Å². The monoisotopic (exact) mass is 222 g/mol. The zero-order valence-electron chi connectivity index (χ0n) is 10.5. The van der Waals surface area contributed by atoms with Crippen LogP contribution in [0.15, 0.2) is 23.8 Å². The van der Waals surface area contributed by atoms with E-state index in [1.807, 2.05) is 20.8 Å². The average molecular weight is 222 g/mol. The molecule has 1 unspecified atom stereocenters. The minimum atomic E-state index is -1.15. The lowest BCUT2D eigenvalue weighted by atomic mass is 9.76. The first-order valence-corrected chi connectivity index (χ1v) is 5.31. The van der Waals surface area contributed by atoms with Gasteiger partial charge in [-0.05, 0) is 18.4 Å². The summed E-state index contributed by atoms with van der Waals surface area (Å²) in [5, 5.41) is 0. The fourth-order valence-electron chi connectivity index (χ4n) is 1.72. The van der Waals surface area contributed by atoms with E-state index in [9.17, 15) is 9.59 Å². The normalized spacial score (nSPS) is 25.3. The molecule has 0 aromatic carbocycles. The quantitative estimate of drug-likeness (QED) is 0.640. The Morgan fingerprint density at radius 3 is 2.38 bits per heavy atom. The second-order valence-electron chi connectivity index (χ2n) is 5.22. The van der Waals surface area contributed by atoms with Gasteiger partial charge in [-0.1, -0.05) is 32.9 Å². The van der Waals surface area contributed by atoms with Gasteiger partial charge >= 0.3 is 5.97 Å². The highest BCUT2D eigenvalue weighted by molar-refractivity contribution is 6.06. The highest BCUT2D eigenvalue weighted by Gasteiger charge is 2.40. The van der Waals surface area contributed by atoms with Gasteiger partial charge in [0.15, 0.2) is 5.60 Å². The highest BCUT2D eigenvalue weighted by atomic mass is 16.6. The zero-order chi connectivity index (χ0) is 12.6. The predicted molar refractivity (Wildman–Crippen MR) is 61.9 cm³/mol. The molecule has 0 N–H and O–H groups in total. The summed E-state index contributed by atoms with van der Waals surface area (Å²) < 4.78 is 5.10. The third kappa shape index (κ3) is 2.40. The van der Waals surface area contributed by atoms with Gasteiger partial charge in [0.1, 0.15) is 0 Å². The maximum atomic E-state index is 12.2. The van der Waals surface area contributed by atoms with E-state index >= 15 is 0 Å². The Morgan fingerprint density at radius 1 is 1.38 bits per heavy atom. The van der Waals surface area contributed by atoms with Gasteiger partial charge in [0.05, 0.1) is 0 Å². The van der Waals surface area contributed by atoms with Gasteiger partial charge in [-0.2, -0.15) is 0 Å². The van der Waals surface area contributed by atoms with Crippen LogP contribution in [0.5, 0.6) is 0 Å². The Kier molecular flexibility index (Phi) is 3.08. The van der Waals surface area contributed by atoms with Crippen LogP contribution in [0.3, 0.4) is 0 Å². The second kappa shape index (κ2) is 3.89. The summed E-state index contributed by atoms with van der Waals surface area (Å²) in [7, 11) is 0. The van der Waals surface area contributed by atoms with Crippen LogP contribution in [0.2, 0.25) is 0 Å². The number of ether oxygens (including phenoxy) is 1. The van der Waals surface area contributed by atoms with Crippen LogP contribution in [-0.2, 0) is 14.3 Å². The van der Waals surface area contributed by atoms with Crippen LogP contribution in [0.25, 0.3) is 0 Å². The van der Waals surface area contributed by atoms with Crippen molar-refractivity contribution < 1.29 is 14.3 Å². The van der Waals surface area contributed by atoms with Crippen molar-refractivity contribution in [1.82, 2.24) is 0 Å². The molecule has 3 nitrogen and oxygen atoms in total. The molecule has 1 rings (SSSR count). The first kappa shape index (κ1) is 12.7. The van der Waals surface area contributed by atoms with Crippen molar-refractivity contribution in [2.45, 2.75) is 40.2 Å². The molecule has 0 spiro atoms. The number of Topliss-reactive ketones (excluding diaryl/α,β-unsaturated/α-hetero) is 1. The van der Waals surface area contributed by atoms with Crippen molar-refractivity contribution in [3.8, 4) is 0 Å². The smallest absolute Gasteiger partial charge is 0.303 e. The molecule has 0 bridgehead atoms. The van der Waals surface area contributed by atoms with E-state index in [0.29, 0.717) is 5.57 Å². The maximum Gasteiger partial charge on any atom is 0.303 e. The summed E-state index contributed by atoms with van der Waals surface area (Å²) in [6, 6.07) is 0. The molecule has 0 aliphatic heterocycles. The molecule has 16 heavy (non-hydrogen) atoms. The molecule has 0 aromatic heterocycles. The molecule has 0 amide bonds. The summed E-state index contributed by atoms with van der Waals surface area (Å²) in [5.74, 6) is -0.589. The molecule has 1 aliphatic rings. The molecular formula is C13H18O3. The number of ketones is 1. The van der Waals surface area contributed by atoms with Crippen molar-refractivity contribution >= 4 is 11.8 Å². The van der Waals surface area contributed by atoms with E-state index < -0.39 is 11.6 Å². The highest BCUT2D eigenvalue weighted by Crippen LogP contribution is 2.33. The lowest BCUT2D eigenvalue weighted by Gasteiger charge is -2.32. The first-order valence-electron chi connectivity index (χ1n) is 5.31. The summed E-state index contributed by atoms with van der Waals surface area (Å²) in [6.45, 7) is 8.81. The van der Waals surface area contributed by atoms with Gasteiger partial charge < -0.3 is 4.74 Å². The summed E-state index contributed by atoms with van der Waals surface area (Å²) in [4.78, 5) is 23.2. The molecule has 0 saturated carbocycles. The second-order valence-corrected chi connectivity index (χ2v) is 5.22. The minimum Gasteiger partial charge on any atom is -0.447 e. The number of rotatable bonds is 1. The summed E-state index contributed by atoms with van der Waals surface area (Å²) in [6.07, 6.45) is 5.17. The molecule has 88 valence electrons. The molecule has 0 heterocycles. The topological polar surface area (TPSA) is 43.4 Å². The molecular weight excluding hydrogens is 204 g/mol. The van der Waals surface area contributed by atoms with Crippen LogP contribution in [0.1, 0.15) is 34.6 Å². The molecule has 0 aromatic rings. The van der Waals surface area contributed by atoms with Gasteiger partial charge in [-0.3, -0.25) is 9.59 Å². The van der Waals surface area contributed by atoms with Crippen LogP contribution in [0.4, 0.5) is 0 Å². The Bertz CT molecular complexity index is 382. The van der Waals surface area contributed by atoms with Crippen LogP contribution in [0, 0.1) is 5.41 Å². The Balaban J connectivity index is 3.07. The molecule has 0 fully saturated rings. The molecule has 0 radical (unpaired) electrons. The van der Waals surface area contributed by atoms with Crippen molar-refractivity contribution in [3.05, 3.63) is 23.8 Å². The van der Waals surface area contributed by atoms with Gasteiger partial charge in [-0.15, -0.1) is 0 Å². The summed E-state index contributed by atoms with van der Waals surface area (Å²) in [5.41, 5.74) is -0.717. The number of esters is 1. The lowest BCUT2D eigenvalue weighted by Crippen LogP contribution is -2.42. The SMILES string of the molecule is CC(=O)OC1(C)C=CC=C(C(C)(C)C)C1=O. The lowest BCUT2D eigenvalue weighted by molar-refractivity contribution is -0.157. The fraction of sp³-hybridized carbons (Fsp3) is 0.538. The number of allylic oxidation sites excluding steroid dienone is 2. The third-order valence-electron chi connectivity index (χ3n) is 2.54. The maximum absolute atomic E-state index is 12.2. The first-order chi connectivity index (χ1) is 7.17. The van der Waals surface area contributed by atoms with Crippen molar-refractivity contribution in [2.75, 3.05) is 0 Å². The predicted octanol–water partition coefficient (Wildman–Crippen LogP) is 2.42. The van der Waals surface area contributed by atoms with Crippen molar-refractivity contribution in [2.24, 2.45) is 5.41 Å². The van der Waals surface area contributed by atoms with E-state index in [4.69, 9.17) is 4.74 Å². The fourth-order valence-corrected chi connectivity index (χ4v) is 1.72. The summed E-state index contributed by atoms with van der Waals surface area (Å²) >= 11 is 0. The van der Waals surface area contributed by atoms with E-state index in [-0.39, 0.29) is 11.2 Å². The Morgan fingerprint density at radius 2 is 1.94 bits per heavy atom. The number of hydrogen-bond donors (Lipinski definition) is 0. The largest absolute Gasteiger partial charge is 0.447 e. The zero-order valence-corrected chi connectivity index (χ0v) is 10.5. The van der Waals surface area contributed by atoms with Crippen molar-refractivity contribution in [1.29, 1.82) is 0 Å². The van der Waals surface area contributed by atoms with Crippen LogP contribution >= 0.6 is 0 Å².